The third-order valence-corrected chi connectivity index (χ3v) is 5.72. The minimum Gasteiger partial charge on any atom is -0.462 e. The van der Waals surface area contributed by atoms with Crippen molar-refractivity contribution >= 4 is 27.7 Å². The summed E-state index contributed by atoms with van der Waals surface area (Å²) in [5.41, 5.74) is 1.74. The van der Waals surface area contributed by atoms with Crippen molar-refractivity contribution in [3.63, 3.8) is 0 Å². The molecule has 0 aliphatic carbocycles. The van der Waals surface area contributed by atoms with Crippen molar-refractivity contribution in [3.05, 3.63) is 70.4 Å². The van der Waals surface area contributed by atoms with E-state index >= 15 is 0 Å². The number of aromatic nitrogens is 2. The fourth-order valence-corrected chi connectivity index (χ4v) is 3.79. The molecular weight excluding hydrogens is 428 g/mol. The van der Waals surface area contributed by atoms with Gasteiger partial charge in [-0.3, -0.25) is 0 Å². The van der Waals surface area contributed by atoms with E-state index in [1.54, 1.807) is 50.2 Å². The molecule has 0 aliphatic rings. The number of hydrogen-bond donors (Lipinski definition) is 0. The molecule has 1 aromatic heterocycles. The van der Waals surface area contributed by atoms with Gasteiger partial charge in [0, 0.05) is 10.6 Å². The maximum atomic E-state index is 12.6. The number of aryl methyl sites for hydroxylation is 2. The maximum absolute atomic E-state index is 12.6. The van der Waals surface area contributed by atoms with E-state index in [2.05, 4.69) is 9.97 Å². The lowest BCUT2D eigenvalue weighted by molar-refractivity contribution is 0.0525. The van der Waals surface area contributed by atoms with Crippen LogP contribution in [0.5, 0.6) is 6.01 Å². The summed E-state index contributed by atoms with van der Waals surface area (Å²) in [6, 6.07) is 12.5. The lowest BCUT2D eigenvalue weighted by atomic mass is 10.0. The van der Waals surface area contributed by atoms with Gasteiger partial charge in [0.15, 0.2) is 0 Å². The summed E-state index contributed by atoms with van der Waals surface area (Å²) < 4.78 is 35.6. The first-order valence-electron chi connectivity index (χ1n) is 9.04. The van der Waals surface area contributed by atoms with Gasteiger partial charge in [0.25, 0.3) is 0 Å². The Morgan fingerprint density at radius 1 is 1.03 bits per heavy atom. The monoisotopic (exact) mass is 446 g/mol. The molecule has 0 fully saturated rings. The Hall–Kier alpha value is -2.97. The van der Waals surface area contributed by atoms with Crippen LogP contribution < -0.4 is 4.18 Å². The highest BCUT2D eigenvalue weighted by Gasteiger charge is 2.25. The summed E-state index contributed by atoms with van der Waals surface area (Å²) in [6.07, 6.45) is 0. The van der Waals surface area contributed by atoms with Crippen LogP contribution in [0.3, 0.4) is 0 Å². The first-order chi connectivity index (χ1) is 14.2. The van der Waals surface area contributed by atoms with Crippen molar-refractivity contribution in [2.45, 2.75) is 25.7 Å². The Balaban J connectivity index is 2.12. The van der Waals surface area contributed by atoms with Crippen molar-refractivity contribution in [2.75, 3.05) is 6.61 Å². The van der Waals surface area contributed by atoms with E-state index in [1.165, 1.54) is 12.1 Å². The molecule has 3 aromatic rings. The van der Waals surface area contributed by atoms with E-state index in [1.807, 2.05) is 6.92 Å². The molecule has 30 heavy (non-hydrogen) atoms. The van der Waals surface area contributed by atoms with Gasteiger partial charge in [0.2, 0.25) is 0 Å². The highest BCUT2D eigenvalue weighted by Crippen LogP contribution is 2.32. The van der Waals surface area contributed by atoms with Crippen molar-refractivity contribution < 1.29 is 22.1 Å². The highest BCUT2D eigenvalue weighted by atomic mass is 35.5. The molecule has 0 spiro atoms. The molecule has 0 N–H and O–H groups in total. The molecule has 2 aromatic carbocycles. The predicted molar refractivity (Wildman–Crippen MR) is 112 cm³/mol. The highest BCUT2D eigenvalue weighted by molar-refractivity contribution is 7.87. The first kappa shape index (κ1) is 21.7. The van der Waals surface area contributed by atoms with Crippen LogP contribution in [0, 0.1) is 13.8 Å². The number of rotatable bonds is 6. The average Bonchev–Trinajstić information content (AvgIpc) is 2.68. The van der Waals surface area contributed by atoms with Crippen LogP contribution in [0.15, 0.2) is 53.4 Å². The average molecular weight is 447 g/mol. The van der Waals surface area contributed by atoms with Gasteiger partial charge in [-0.05, 0) is 39.0 Å². The summed E-state index contributed by atoms with van der Waals surface area (Å²) >= 11 is 6.29. The lowest BCUT2D eigenvalue weighted by Crippen LogP contribution is -2.16. The minimum atomic E-state index is -4.17. The molecule has 0 bridgehead atoms. The molecule has 0 aliphatic heterocycles. The Bertz CT molecular complexity index is 1190. The van der Waals surface area contributed by atoms with E-state index in [0.29, 0.717) is 10.6 Å². The lowest BCUT2D eigenvalue weighted by Gasteiger charge is -2.14. The third-order valence-electron chi connectivity index (χ3n) is 4.17. The number of carbonyl (C=O) groups excluding carboxylic acids is 1. The summed E-state index contributed by atoms with van der Waals surface area (Å²) in [7, 11) is -4.17. The van der Waals surface area contributed by atoms with Crippen LogP contribution in [-0.4, -0.2) is 31.0 Å². The van der Waals surface area contributed by atoms with Gasteiger partial charge in [0.05, 0.1) is 18.0 Å². The molecule has 0 unspecified atom stereocenters. The number of carbonyl (C=O) groups is 1. The molecule has 0 saturated carbocycles. The van der Waals surface area contributed by atoms with Crippen LogP contribution >= 0.6 is 11.6 Å². The molecular formula is C21H19ClN2O5S. The standard InChI is InChI=1S/C21H19ClN2O5S/c1-4-28-20(25)18-14(3)23-21(24-19(18)16-7-5-6-8-17(16)22)29-30(26,27)15-11-9-13(2)10-12-15/h5-12H,4H2,1-3H3. The van der Waals surface area contributed by atoms with Gasteiger partial charge in [-0.25, -0.2) is 4.79 Å². The van der Waals surface area contributed by atoms with Gasteiger partial charge >= 0.3 is 22.1 Å². The summed E-state index contributed by atoms with van der Waals surface area (Å²) in [6.45, 7) is 5.21. The number of esters is 1. The fourth-order valence-electron chi connectivity index (χ4n) is 2.73. The predicted octanol–water partition coefficient (Wildman–Crippen LogP) is 4.36. The molecule has 156 valence electrons. The largest absolute Gasteiger partial charge is 0.462 e. The summed E-state index contributed by atoms with van der Waals surface area (Å²) in [5.74, 6) is -0.641. The van der Waals surface area contributed by atoms with E-state index in [9.17, 15) is 13.2 Å². The summed E-state index contributed by atoms with van der Waals surface area (Å²) in [4.78, 5) is 20.7. The Morgan fingerprint density at radius 3 is 2.33 bits per heavy atom. The number of ether oxygens (including phenoxy) is 1. The molecule has 0 amide bonds. The SMILES string of the molecule is CCOC(=O)c1c(C)nc(OS(=O)(=O)c2ccc(C)cc2)nc1-c1ccccc1Cl. The van der Waals surface area contributed by atoms with Crippen molar-refractivity contribution in [1.82, 2.24) is 9.97 Å². The zero-order valence-corrected chi connectivity index (χ0v) is 18.1. The molecule has 1 heterocycles. The van der Waals surface area contributed by atoms with Gasteiger partial charge in [-0.1, -0.05) is 47.5 Å². The van der Waals surface area contributed by atoms with Crippen LogP contribution in [-0.2, 0) is 14.9 Å². The Kier molecular flexibility index (Phi) is 6.38. The maximum Gasteiger partial charge on any atom is 0.342 e. The van der Waals surface area contributed by atoms with E-state index in [0.717, 1.165) is 5.56 Å². The molecule has 9 heteroatoms. The van der Waals surface area contributed by atoms with Crippen LogP contribution in [0.1, 0.15) is 28.5 Å². The zero-order chi connectivity index (χ0) is 21.9. The van der Waals surface area contributed by atoms with Crippen LogP contribution in [0.2, 0.25) is 5.02 Å². The number of nitrogens with zero attached hydrogens (tertiary/aromatic N) is 2. The summed E-state index contributed by atoms with van der Waals surface area (Å²) in [5, 5.41) is 0.327. The Morgan fingerprint density at radius 2 is 1.70 bits per heavy atom. The van der Waals surface area contributed by atoms with Gasteiger partial charge in [-0.15, -0.1) is 0 Å². The Labute approximate surface area is 179 Å². The quantitative estimate of drug-likeness (QED) is 0.410. The number of benzene rings is 2. The van der Waals surface area contributed by atoms with Gasteiger partial charge in [0.1, 0.15) is 10.5 Å². The van der Waals surface area contributed by atoms with E-state index in [-0.39, 0.29) is 28.5 Å². The third kappa shape index (κ3) is 4.60. The molecule has 7 nitrogen and oxygen atoms in total. The fraction of sp³-hybridized carbons (Fsp3) is 0.190. The topological polar surface area (TPSA) is 95.5 Å². The molecule has 0 atom stereocenters. The molecule has 0 saturated heterocycles. The molecule has 0 radical (unpaired) electrons. The van der Waals surface area contributed by atoms with Crippen molar-refractivity contribution in [1.29, 1.82) is 0 Å². The molecule has 3 rings (SSSR count). The number of halogens is 1. The zero-order valence-electron chi connectivity index (χ0n) is 16.5. The number of hydrogen-bond acceptors (Lipinski definition) is 7. The second-order valence-electron chi connectivity index (χ2n) is 6.37. The first-order valence-corrected chi connectivity index (χ1v) is 10.8. The normalized spacial score (nSPS) is 11.2. The van der Waals surface area contributed by atoms with Gasteiger partial charge < -0.3 is 8.92 Å². The van der Waals surface area contributed by atoms with Crippen LogP contribution in [0.25, 0.3) is 11.3 Å². The van der Waals surface area contributed by atoms with Crippen molar-refractivity contribution in [2.24, 2.45) is 0 Å². The van der Waals surface area contributed by atoms with Gasteiger partial charge in [-0.2, -0.15) is 18.4 Å². The minimum absolute atomic E-state index is 0.0388. The second-order valence-corrected chi connectivity index (χ2v) is 8.32. The van der Waals surface area contributed by atoms with Crippen LogP contribution in [0.4, 0.5) is 0 Å². The second kappa shape index (κ2) is 8.81. The smallest absolute Gasteiger partial charge is 0.342 e. The van der Waals surface area contributed by atoms with Crippen molar-refractivity contribution in [3.8, 4) is 17.3 Å². The van der Waals surface area contributed by atoms with E-state index in [4.69, 9.17) is 20.5 Å². The van der Waals surface area contributed by atoms with E-state index < -0.39 is 22.1 Å².